The van der Waals surface area contributed by atoms with Crippen LogP contribution in [0.3, 0.4) is 0 Å². The van der Waals surface area contributed by atoms with E-state index in [9.17, 15) is 4.39 Å². The number of piperazine rings is 1. The maximum absolute atomic E-state index is 13.3. The van der Waals surface area contributed by atoms with Gasteiger partial charge in [-0.05, 0) is 73.3 Å². The number of halogens is 1. The fourth-order valence-corrected chi connectivity index (χ4v) is 4.62. The number of fused-ring (bicyclic) bond motifs is 2. The Hall–Kier alpha value is -2.53. The van der Waals surface area contributed by atoms with Crippen molar-refractivity contribution in [3.8, 4) is 5.75 Å². The molecule has 5 heteroatoms. The summed E-state index contributed by atoms with van der Waals surface area (Å²) in [4.78, 5) is 8.27. The van der Waals surface area contributed by atoms with E-state index in [-0.39, 0.29) is 5.82 Å². The van der Waals surface area contributed by atoms with Crippen molar-refractivity contribution in [1.29, 1.82) is 0 Å². The zero-order chi connectivity index (χ0) is 19.6. The van der Waals surface area contributed by atoms with Crippen LogP contribution in [0.1, 0.15) is 24.0 Å². The SMILES string of the molecule is Fc1ccc2c(CCCCN3CCN(c4ccc5c(c4)CCO5)CC3)c[nH]c2c1. The molecule has 0 spiro atoms. The average molecular weight is 394 g/mol. The fraction of sp³-hybridized carbons (Fsp3) is 0.417. The largest absolute Gasteiger partial charge is 0.493 e. The predicted octanol–water partition coefficient (Wildman–Crippen LogP) is 4.39. The number of anilines is 1. The van der Waals surface area contributed by atoms with Crippen LogP contribution in [-0.2, 0) is 12.8 Å². The van der Waals surface area contributed by atoms with Gasteiger partial charge in [-0.25, -0.2) is 4.39 Å². The molecule has 2 aliphatic heterocycles. The molecule has 0 unspecified atom stereocenters. The second-order valence-electron chi connectivity index (χ2n) is 8.18. The molecular formula is C24H28FN3O. The molecule has 2 aromatic carbocycles. The third-order valence-corrected chi connectivity index (χ3v) is 6.31. The zero-order valence-corrected chi connectivity index (χ0v) is 16.8. The van der Waals surface area contributed by atoms with Crippen molar-refractivity contribution in [2.24, 2.45) is 0 Å². The van der Waals surface area contributed by atoms with Crippen molar-refractivity contribution in [3.63, 3.8) is 0 Å². The minimum atomic E-state index is -0.182. The summed E-state index contributed by atoms with van der Waals surface area (Å²) in [5, 5.41) is 1.15. The number of nitrogens with one attached hydrogen (secondary N) is 1. The molecule has 1 aromatic heterocycles. The first-order chi connectivity index (χ1) is 14.3. The smallest absolute Gasteiger partial charge is 0.125 e. The van der Waals surface area contributed by atoms with Gasteiger partial charge in [-0.3, -0.25) is 4.90 Å². The molecule has 4 nitrogen and oxygen atoms in total. The van der Waals surface area contributed by atoms with Gasteiger partial charge in [-0.2, -0.15) is 0 Å². The third-order valence-electron chi connectivity index (χ3n) is 6.31. The molecular weight excluding hydrogens is 365 g/mol. The van der Waals surface area contributed by atoms with Crippen molar-refractivity contribution >= 4 is 16.6 Å². The van der Waals surface area contributed by atoms with Gasteiger partial charge in [0, 0.05) is 55.4 Å². The molecule has 0 saturated carbocycles. The van der Waals surface area contributed by atoms with E-state index >= 15 is 0 Å². The molecule has 2 aliphatic rings. The second-order valence-corrected chi connectivity index (χ2v) is 8.18. The molecule has 0 amide bonds. The Bertz CT molecular complexity index is 991. The summed E-state index contributed by atoms with van der Waals surface area (Å²) >= 11 is 0. The normalized spacial score (nSPS) is 16.9. The monoisotopic (exact) mass is 393 g/mol. The molecule has 0 radical (unpaired) electrons. The van der Waals surface area contributed by atoms with Crippen molar-refractivity contribution in [3.05, 3.63) is 59.5 Å². The van der Waals surface area contributed by atoms with Crippen LogP contribution in [-0.4, -0.2) is 49.2 Å². The highest BCUT2D eigenvalue weighted by atomic mass is 19.1. The van der Waals surface area contributed by atoms with Gasteiger partial charge in [0.05, 0.1) is 6.61 Å². The Balaban J connectivity index is 1.07. The first kappa shape index (κ1) is 18.5. The van der Waals surface area contributed by atoms with Gasteiger partial charge in [0.25, 0.3) is 0 Å². The minimum Gasteiger partial charge on any atom is -0.493 e. The maximum Gasteiger partial charge on any atom is 0.125 e. The van der Waals surface area contributed by atoms with Gasteiger partial charge in [0.2, 0.25) is 0 Å². The molecule has 0 aliphatic carbocycles. The van der Waals surface area contributed by atoms with Crippen LogP contribution in [0.15, 0.2) is 42.6 Å². The van der Waals surface area contributed by atoms with Crippen LogP contribution >= 0.6 is 0 Å². The fourth-order valence-electron chi connectivity index (χ4n) is 4.62. The number of aromatic nitrogens is 1. The number of aromatic amines is 1. The highest BCUT2D eigenvalue weighted by molar-refractivity contribution is 5.83. The summed E-state index contributed by atoms with van der Waals surface area (Å²) in [6, 6.07) is 11.7. The molecule has 29 heavy (non-hydrogen) atoms. The predicted molar refractivity (Wildman–Crippen MR) is 115 cm³/mol. The van der Waals surface area contributed by atoms with Crippen LogP contribution in [0, 0.1) is 5.82 Å². The summed E-state index contributed by atoms with van der Waals surface area (Å²) in [5.41, 5.74) is 4.88. The van der Waals surface area contributed by atoms with Crippen molar-refractivity contribution in [1.82, 2.24) is 9.88 Å². The zero-order valence-electron chi connectivity index (χ0n) is 16.8. The number of unbranched alkanes of at least 4 members (excludes halogenated alkanes) is 1. The Morgan fingerprint density at radius 2 is 1.90 bits per heavy atom. The highest BCUT2D eigenvalue weighted by Gasteiger charge is 2.19. The topological polar surface area (TPSA) is 31.5 Å². The van der Waals surface area contributed by atoms with Gasteiger partial charge >= 0.3 is 0 Å². The molecule has 1 fully saturated rings. The van der Waals surface area contributed by atoms with E-state index in [0.717, 1.165) is 75.2 Å². The summed E-state index contributed by atoms with van der Waals surface area (Å²) in [6.07, 6.45) is 6.47. The van der Waals surface area contributed by atoms with Crippen molar-refractivity contribution in [2.75, 3.05) is 44.2 Å². The summed E-state index contributed by atoms with van der Waals surface area (Å²) in [5.74, 6) is 0.881. The lowest BCUT2D eigenvalue weighted by molar-refractivity contribution is 0.253. The Morgan fingerprint density at radius 1 is 1.00 bits per heavy atom. The number of ether oxygens (including phenoxy) is 1. The van der Waals surface area contributed by atoms with Crippen LogP contribution in [0.25, 0.3) is 10.9 Å². The molecule has 5 rings (SSSR count). The summed E-state index contributed by atoms with van der Waals surface area (Å²) in [7, 11) is 0. The molecule has 0 bridgehead atoms. The third kappa shape index (κ3) is 3.97. The van der Waals surface area contributed by atoms with E-state index in [1.165, 1.54) is 23.2 Å². The lowest BCUT2D eigenvalue weighted by Gasteiger charge is -2.36. The first-order valence-electron chi connectivity index (χ1n) is 10.7. The van der Waals surface area contributed by atoms with Crippen LogP contribution < -0.4 is 9.64 Å². The summed E-state index contributed by atoms with van der Waals surface area (Å²) in [6.45, 7) is 6.41. The highest BCUT2D eigenvalue weighted by Crippen LogP contribution is 2.30. The molecule has 0 atom stereocenters. The number of hydrogen-bond donors (Lipinski definition) is 1. The molecule has 3 aromatic rings. The van der Waals surface area contributed by atoms with Gasteiger partial charge < -0.3 is 14.6 Å². The Kier molecular flexibility index (Phi) is 5.15. The van der Waals surface area contributed by atoms with Gasteiger partial charge in [-0.1, -0.05) is 0 Å². The van der Waals surface area contributed by atoms with E-state index in [2.05, 4.69) is 33.0 Å². The first-order valence-corrected chi connectivity index (χ1v) is 10.7. The number of aryl methyl sites for hydroxylation is 1. The quantitative estimate of drug-likeness (QED) is 0.631. The number of hydrogen-bond acceptors (Lipinski definition) is 3. The van der Waals surface area contributed by atoms with Crippen LogP contribution in [0.4, 0.5) is 10.1 Å². The molecule has 1 saturated heterocycles. The second kappa shape index (κ2) is 8.07. The average Bonchev–Trinajstić information content (AvgIpc) is 3.37. The maximum atomic E-state index is 13.3. The van der Waals surface area contributed by atoms with E-state index in [1.807, 2.05) is 12.3 Å². The van der Waals surface area contributed by atoms with Gasteiger partial charge in [-0.15, -0.1) is 0 Å². The van der Waals surface area contributed by atoms with Crippen molar-refractivity contribution < 1.29 is 9.13 Å². The van der Waals surface area contributed by atoms with Gasteiger partial charge in [0.15, 0.2) is 0 Å². The number of benzene rings is 2. The van der Waals surface area contributed by atoms with Crippen LogP contribution in [0.2, 0.25) is 0 Å². The minimum absolute atomic E-state index is 0.182. The molecule has 3 heterocycles. The van der Waals surface area contributed by atoms with E-state index in [0.29, 0.717) is 0 Å². The summed E-state index contributed by atoms with van der Waals surface area (Å²) < 4.78 is 18.9. The lowest BCUT2D eigenvalue weighted by Crippen LogP contribution is -2.46. The molecule has 152 valence electrons. The van der Waals surface area contributed by atoms with E-state index in [1.54, 1.807) is 12.1 Å². The Morgan fingerprint density at radius 3 is 2.79 bits per heavy atom. The van der Waals surface area contributed by atoms with Crippen LogP contribution in [0.5, 0.6) is 5.75 Å². The standard InChI is InChI=1S/C24H28FN3O/c25-20-4-6-22-19(17-26-23(22)16-20)3-1-2-9-27-10-12-28(13-11-27)21-5-7-24-18(15-21)8-14-29-24/h4-7,15-17,26H,1-3,8-14H2. The van der Waals surface area contributed by atoms with Crippen molar-refractivity contribution in [2.45, 2.75) is 25.7 Å². The van der Waals surface area contributed by atoms with E-state index in [4.69, 9.17) is 4.74 Å². The molecule has 1 N–H and O–H groups in total. The lowest BCUT2D eigenvalue weighted by atomic mass is 10.1. The Labute approximate surface area is 171 Å². The van der Waals surface area contributed by atoms with Gasteiger partial charge in [0.1, 0.15) is 11.6 Å². The number of H-pyrrole nitrogens is 1. The number of nitrogens with zero attached hydrogens (tertiary/aromatic N) is 2. The van der Waals surface area contributed by atoms with E-state index < -0.39 is 0 Å². The number of rotatable bonds is 6.